The predicted molar refractivity (Wildman–Crippen MR) is 129 cm³/mol. The maximum absolute atomic E-state index is 5.52. The van der Waals surface area contributed by atoms with Crippen LogP contribution >= 0.6 is 0 Å². The van der Waals surface area contributed by atoms with E-state index < -0.39 is 0 Å². The SMILES string of the molecule is CCN1CCN(Cc2ccccc2CNC(=NC)NCc2ccc(C)cc2OC)CC1. The Morgan fingerprint density at radius 2 is 1.58 bits per heavy atom. The Morgan fingerprint density at radius 1 is 0.935 bits per heavy atom. The molecule has 1 aliphatic rings. The summed E-state index contributed by atoms with van der Waals surface area (Å²) in [6.45, 7) is 12.5. The maximum Gasteiger partial charge on any atom is 0.191 e. The molecule has 0 saturated carbocycles. The van der Waals surface area contributed by atoms with Gasteiger partial charge in [-0.15, -0.1) is 0 Å². The molecule has 2 aromatic rings. The molecular weight excluding hydrogens is 386 g/mol. The highest BCUT2D eigenvalue weighted by Gasteiger charge is 2.16. The molecular formula is C25H37N5O. The summed E-state index contributed by atoms with van der Waals surface area (Å²) in [7, 11) is 3.52. The highest BCUT2D eigenvalue weighted by Crippen LogP contribution is 2.19. The highest BCUT2D eigenvalue weighted by atomic mass is 16.5. The molecule has 0 bridgehead atoms. The Hall–Kier alpha value is -2.57. The Labute approximate surface area is 187 Å². The molecule has 1 aliphatic heterocycles. The van der Waals surface area contributed by atoms with Gasteiger partial charge in [-0.25, -0.2) is 0 Å². The fraction of sp³-hybridized carbons (Fsp3) is 0.480. The molecule has 0 aliphatic carbocycles. The van der Waals surface area contributed by atoms with E-state index in [0.29, 0.717) is 6.54 Å². The third kappa shape index (κ3) is 6.71. The molecule has 0 atom stereocenters. The van der Waals surface area contributed by atoms with E-state index in [1.807, 2.05) is 0 Å². The van der Waals surface area contributed by atoms with Gasteiger partial charge in [0.15, 0.2) is 5.96 Å². The zero-order valence-electron chi connectivity index (χ0n) is 19.4. The average Bonchev–Trinajstić information content (AvgIpc) is 2.81. The van der Waals surface area contributed by atoms with Crippen LogP contribution in [-0.4, -0.2) is 62.6 Å². The van der Waals surface area contributed by atoms with Crippen LogP contribution in [0.5, 0.6) is 5.75 Å². The van der Waals surface area contributed by atoms with Crippen LogP contribution in [0.25, 0.3) is 0 Å². The lowest BCUT2D eigenvalue weighted by molar-refractivity contribution is 0.131. The van der Waals surface area contributed by atoms with Crippen molar-refractivity contribution in [2.45, 2.75) is 33.5 Å². The Kier molecular flexibility index (Phi) is 8.74. The smallest absolute Gasteiger partial charge is 0.191 e. The molecule has 1 fully saturated rings. The number of benzene rings is 2. The van der Waals surface area contributed by atoms with Crippen LogP contribution in [0.3, 0.4) is 0 Å². The number of nitrogens with one attached hydrogen (secondary N) is 2. The van der Waals surface area contributed by atoms with Crippen molar-refractivity contribution in [2.75, 3.05) is 46.9 Å². The molecule has 6 heteroatoms. The minimum absolute atomic E-state index is 0.659. The van der Waals surface area contributed by atoms with E-state index in [1.54, 1.807) is 14.2 Å². The van der Waals surface area contributed by atoms with Gasteiger partial charge in [-0.1, -0.05) is 43.3 Å². The summed E-state index contributed by atoms with van der Waals surface area (Å²) in [6, 6.07) is 15.0. The van der Waals surface area contributed by atoms with Crippen LogP contribution in [0.4, 0.5) is 0 Å². The first kappa shape index (κ1) is 23.1. The van der Waals surface area contributed by atoms with Crippen molar-refractivity contribution in [3.05, 3.63) is 64.7 Å². The quantitative estimate of drug-likeness (QED) is 0.505. The fourth-order valence-corrected chi connectivity index (χ4v) is 3.97. The van der Waals surface area contributed by atoms with Gasteiger partial charge in [0.05, 0.1) is 7.11 Å². The second-order valence-electron chi connectivity index (χ2n) is 8.07. The maximum atomic E-state index is 5.52. The summed E-state index contributed by atoms with van der Waals surface area (Å²) in [5, 5.41) is 6.88. The van der Waals surface area contributed by atoms with Crippen molar-refractivity contribution in [2.24, 2.45) is 4.99 Å². The minimum atomic E-state index is 0.659. The molecule has 2 N–H and O–H groups in total. The van der Waals surface area contributed by atoms with Crippen molar-refractivity contribution in [3.8, 4) is 5.75 Å². The zero-order chi connectivity index (χ0) is 22.1. The van der Waals surface area contributed by atoms with Crippen LogP contribution in [0, 0.1) is 6.92 Å². The largest absolute Gasteiger partial charge is 0.496 e. The number of methoxy groups -OCH3 is 1. The lowest BCUT2D eigenvalue weighted by Gasteiger charge is -2.34. The van der Waals surface area contributed by atoms with Gasteiger partial charge in [0.2, 0.25) is 0 Å². The molecule has 0 spiro atoms. The summed E-state index contributed by atoms with van der Waals surface area (Å²) in [5.41, 5.74) is 5.00. The topological polar surface area (TPSA) is 52.1 Å². The van der Waals surface area contributed by atoms with E-state index in [9.17, 15) is 0 Å². The lowest BCUT2D eigenvalue weighted by atomic mass is 10.1. The fourth-order valence-electron chi connectivity index (χ4n) is 3.97. The van der Waals surface area contributed by atoms with E-state index >= 15 is 0 Å². The van der Waals surface area contributed by atoms with Crippen LogP contribution in [0.15, 0.2) is 47.5 Å². The van der Waals surface area contributed by atoms with Crippen LogP contribution < -0.4 is 15.4 Å². The van der Waals surface area contributed by atoms with Crippen LogP contribution in [-0.2, 0) is 19.6 Å². The van der Waals surface area contributed by atoms with E-state index in [1.165, 1.54) is 16.7 Å². The first-order valence-electron chi connectivity index (χ1n) is 11.2. The Balaban J connectivity index is 1.55. The van der Waals surface area contributed by atoms with Gasteiger partial charge in [-0.05, 0) is 36.2 Å². The van der Waals surface area contributed by atoms with Gasteiger partial charge < -0.3 is 20.3 Å². The van der Waals surface area contributed by atoms with Gasteiger partial charge in [0.25, 0.3) is 0 Å². The van der Waals surface area contributed by atoms with Gasteiger partial charge in [0, 0.05) is 58.4 Å². The number of nitrogens with zero attached hydrogens (tertiary/aromatic N) is 3. The van der Waals surface area contributed by atoms with Gasteiger partial charge >= 0.3 is 0 Å². The third-order valence-electron chi connectivity index (χ3n) is 5.98. The number of guanidine groups is 1. The highest BCUT2D eigenvalue weighted by molar-refractivity contribution is 5.79. The number of hydrogen-bond donors (Lipinski definition) is 2. The molecule has 0 unspecified atom stereocenters. The molecule has 0 amide bonds. The number of ether oxygens (including phenoxy) is 1. The molecule has 1 saturated heterocycles. The second kappa shape index (κ2) is 11.7. The van der Waals surface area contributed by atoms with Crippen molar-refractivity contribution in [1.82, 2.24) is 20.4 Å². The molecule has 1 heterocycles. The predicted octanol–water partition coefficient (Wildman–Crippen LogP) is 3.01. The van der Waals surface area contributed by atoms with Crippen LogP contribution in [0.2, 0.25) is 0 Å². The summed E-state index contributed by atoms with van der Waals surface area (Å²) in [6.07, 6.45) is 0. The van der Waals surface area contributed by atoms with Gasteiger partial charge in [-0.3, -0.25) is 9.89 Å². The van der Waals surface area contributed by atoms with Crippen LogP contribution in [0.1, 0.15) is 29.2 Å². The minimum Gasteiger partial charge on any atom is -0.496 e. The molecule has 168 valence electrons. The van der Waals surface area contributed by atoms with E-state index in [4.69, 9.17) is 4.74 Å². The number of hydrogen-bond acceptors (Lipinski definition) is 4. The molecule has 2 aromatic carbocycles. The molecule has 0 radical (unpaired) electrons. The normalized spacial score (nSPS) is 15.7. The summed E-state index contributed by atoms with van der Waals surface area (Å²) >= 11 is 0. The summed E-state index contributed by atoms with van der Waals surface area (Å²) in [5.74, 6) is 1.69. The summed E-state index contributed by atoms with van der Waals surface area (Å²) < 4.78 is 5.52. The Bertz CT molecular complexity index is 859. The average molecular weight is 424 g/mol. The van der Waals surface area contributed by atoms with E-state index in [0.717, 1.165) is 63.1 Å². The monoisotopic (exact) mass is 423 g/mol. The second-order valence-corrected chi connectivity index (χ2v) is 8.07. The zero-order valence-corrected chi connectivity index (χ0v) is 19.4. The van der Waals surface area contributed by atoms with E-state index in [-0.39, 0.29) is 0 Å². The number of rotatable bonds is 8. The number of likely N-dealkylation sites (N-methyl/N-ethyl adjacent to an activating group) is 1. The first-order valence-corrected chi connectivity index (χ1v) is 11.2. The Morgan fingerprint density at radius 3 is 2.23 bits per heavy atom. The number of aryl methyl sites for hydroxylation is 1. The molecule has 31 heavy (non-hydrogen) atoms. The number of aliphatic imine (C=N–C) groups is 1. The summed E-state index contributed by atoms with van der Waals surface area (Å²) in [4.78, 5) is 9.47. The van der Waals surface area contributed by atoms with Crippen molar-refractivity contribution >= 4 is 5.96 Å². The first-order chi connectivity index (χ1) is 15.1. The van der Waals surface area contributed by atoms with Crippen molar-refractivity contribution < 1.29 is 4.74 Å². The molecule has 0 aromatic heterocycles. The van der Waals surface area contributed by atoms with Crippen molar-refractivity contribution in [1.29, 1.82) is 0 Å². The van der Waals surface area contributed by atoms with Gasteiger partial charge in [-0.2, -0.15) is 0 Å². The lowest BCUT2D eigenvalue weighted by Crippen LogP contribution is -2.45. The number of piperazine rings is 1. The van der Waals surface area contributed by atoms with Crippen molar-refractivity contribution in [3.63, 3.8) is 0 Å². The molecule has 6 nitrogen and oxygen atoms in total. The third-order valence-corrected chi connectivity index (χ3v) is 5.98. The van der Waals surface area contributed by atoms with E-state index in [2.05, 4.69) is 81.7 Å². The standard InChI is InChI=1S/C25H37N5O/c1-5-29-12-14-30(15-13-29)19-23-9-7-6-8-21(23)17-27-25(26-3)28-18-22-11-10-20(2)16-24(22)31-4/h6-11,16H,5,12-15,17-19H2,1-4H3,(H2,26,27,28). The van der Waals surface area contributed by atoms with Gasteiger partial charge in [0.1, 0.15) is 5.75 Å². The molecule has 3 rings (SSSR count).